The zero-order valence-corrected chi connectivity index (χ0v) is 8.47. The van der Waals surface area contributed by atoms with Crippen molar-refractivity contribution >= 4 is 29.6 Å². The van der Waals surface area contributed by atoms with Crippen LogP contribution in [0.1, 0.15) is 0 Å². The van der Waals surface area contributed by atoms with Crippen molar-refractivity contribution in [2.24, 2.45) is 0 Å². The number of ether oxygens (including phenoxy) is 1. The molecule has 0 atom stereocenters. The van der Waals surface area contributed by atoms with Crippen LogP contribution < -0.4 is 4.74 Å². The summed E-state index contributed by atoms with van der Waals surface area (Å²) in [7, 11) is 1.60. The molecular weight excluding hydrogens is 211 g/mol. The molecule has 2 nitrogen and oxygen atoms in total. The Morgan fingerprint density at radius 1 is 0.938 bits per heavy atom. The van der Waals surface area contributed by atoms with Crippen molar-refractivity contribution in [2.75, 3.05) is 7.11 Å². The van der Waals surface area contributed by atoms with Gasteiger partial charge >= 0.3 is 29.6 Å². The Kier molecular flexibility index (Phi) is 4.87. The van der Waals surface area contributed by atoms with Crippen LogP contribution in [-0.2, 0) is 0 Å². The van der Waals surface area contributed by atoms with Crippen molar-refractivity contribution in [3.8, 4) is 22.6 Å². The Morgan fingerprint density at radius 3 is 2.25 bits per heavy atom. The van der Waals surface area contributed by atoms with E-state index < -0.39 is 0 Å². The van der Waals surface area contributed by atoms with Gasteiger partial charge in [0.2, 0.25) is 0 Å². The Bertz CT molecular complexity index is 455. The van der Waals surface area contributed by atoms with Crippen LogP contribution in [0, 0.1) is 0 Å². The molecule has 2 rings (SSSR count). The van der Waals surface area contributed by atoms with E-state index in [-0.39, 0.29) is 35.3 Å². The zero-order valence-electron chi connectivity index (χ0n) is 8.47. The fourth-order valence-electron chi connectivity index (χ4n) is 1.58. The Morgan fingerprint density at radius 2 is 1.62 bits per heavy atom. The van der Waals surface area contributed by atoms with Crippen LogP contribution >= 0.6 is 0 Å². The minimum atomic E-state index is 0. The molecule has 0 aliphatic heterocycles. The van der Waals surface area contributed by atoms with Gasteiger partial charge in [0, 0.05) is 0 Å². The summed E-state index contributed by atoms with van der Waals surface area (Å²) in [6.45, 7) is 0. The standard InChI is InChI=1S/C13H12O2.Na.H/c1-15-12-9-5-8-11(14)13(12)10-6-3-2-4-7-10;;/h2-9,14H,1H3;;. The number of methoxy groups -OCH3 is 1. The molecule has 0 aromatic heterocycles. The molecule has 0 heterocycles. The average Bonchev–Trinajstić information content (AvgIpc) is 2.29. The van der Waals surface area contributed by atoms with E-state index in [9.17, 15) is 5.11 Å². The van der Waals surface area contributed by atoms with Gasteiger partial charge in [-0.05, 0) is 17.7 Å². The molecule has 0 saturated heterocycles. The summed E-state index contributed by atoms with van der Waals surface area (Å²) in [6, 6.07) is 14.9. The van der Waals surface area contributed by atoms with Gasteiger partial charge in [0.1, 0.15) is 11.5 Å². The molecule has 2 aromatic carbocycles. The minimum absolute atomic E-state index is 0. The summed E-state index contributed by atoms with van der Waals surface area (Å²) in [5.74, 6) is 0.918. The fourth-order valence-corrected chi connectivity index (χ4v) is 1.58. The van der Waals surface area contributed by atoms with Crippen LogP contribution in [0.15, 0.2) is 48.5 Å². The molecule has 3 heteroatoms. The Labute approximate surface area is 117 Å². The van der Waals surface area contributed by atoms with E-state index in [0.29, 0.717) is 5.75 Å². The average molecular weight is 224 g/mol. The van der Waals surface area contributed by atoms with Crippen molar-refractivity contribution in [1.82, 2.24) is 0 Å². The summed E-state index contributed by atoms with van der Waals surface area (Å²) in [5.41, 5.74) is 1.69. The first kappa shape index (κ1) is 13.1. The van der Waals surface area contributed by atoms with Crippen LogP contribution in [0.2, 0.25) is 0 Å². The van der Waals surface area contributed by atoms with Gasteiger partial charge in [-0.2, -0.15) is 0 Å². The number of benzene rings is 2. The third-order valence-electron chi connectivity index (χ3n) is 2.29. The zero-order chi connectivity index (χ0) is 10.7. The number of rotatable bonds is 2. The number of hydrogen-bond acceptors (Lipinski definition) is 2. The van der Waals surface area contributed by atoms with Gasteiger partial charge < -0.3 is 9.84 Å². The maximum atomic E-state index is 9.80. The summed E-state index contributed by atoms with van der Waals surface area (Å²) >= 11 is 0. The maximum absolute atomic E-state index is 9.80. The van der Waals surface area contributed by atoms with Gasteiger partial charge in [-0.15, -0.1) is 0 Å². The third-order valence-corrected chi connectivity index (χ3v) is 2.29. The van der Waals surface area contributed by atoms with E-state index in [1.54, 1.807) is 19.2 Å². The second-order valence-electron chi connectivity index (χ2n) is 3.22. The number of phenols is 1. The normalized spacial score (nSPS) is 9.31. The monoisotopic (exact) mass is 224 g/mol. The molecule has 0 radical (unpaired) electrons. The van der Waals surface area contributed by atoms with Crippen LogP contribution in [0.4, 0.5) is 0 Å². The fraction of sp³-hybridized carbons (Fsp3) is 0.0769. The topological polar surface area (TPSA) is 29.5 Å². The van der Waals surface area contributed by atoms with Crippen molar-refractivity contribution < 1.29 is 9.84 Å². The summed E-state index contributed by atoms with van der Waals surface area (Å²) in [5, 5.41) is 9.80. The van der Waals surface area contributed by atoms with Crippen molar-refractivity contribution in [1.29, 1.82) is 0 Å². The Hall–Kier alpha value is -0.960. The quantitative estimate of drug-likeness (QED) is 0.794. The number of phenolic OH excluding ortho intramolecular Hbond substituents is 1. The molecule has 0 spiro atoms. The molecular formula is C13H13NaO2. The van der Waals surface area contributed by atoms with Gasteiger partial charge in [0.15, 0.2) is 0 Å². The predicted molar refractivity (Wildman–Crippen MR) is 67.2 cm³/mol. The molecule has 1 N–H and O–H groups in total. The van der Waals surface area contributed by atoms with E-state index in [4.69, 9.17) is 4.74 Å². The molecule has 0 unspecified atom stereocenters. The molecule has 0 saturated carbocycles. The first-order chi connectivity index (χ1) is 7.33. The van der Waals surface area contributed by atoms with Gasteiger partial charge in [0.25, 0.3) is 0 Å². The summed E-state index contributed by atoms with van der Waals surface area (Å²) < 4.78 is 5.22. The van der Waals surface area contributed by atoms with Gasteiger partial charge in [-0.1, -0.05) is 36.4 Å². The summed E-state index contributed by atoms with van der Waals surface area (Å²) in [4.78, 5) is 0. The second-order valence-corrected chi connectivity index (χ2v) is 3.22. The third kappa shape index (κ3) is 2.59. The van der Waals surface area contributed by atoms with Gasteiger partial charge in [-0.25, -0.2) is 0 Å². The Balaban J connectivity index is 0.00000128. The van der Waals surface area contributed by atoms with Crippen molar-refractivity contribution in [3.63, 3.8) is 0 Å². The first-order valence-electron chi connectivity index (χ1n) is 4.74. The molecule has 0 fully saturated rings. The first-order valence-corrected chi connectivity index (χ1v) is 4.74. The summed E-state index contributed by atoms with van der Waals surface area (Å²) in [6.07, 6.45) is 0. The molecule has 0 aliphatic carbocycles. The predicted octanol–water partition coefficient (Wildman–Crippen LogP) is 2.42. The van der Waals surface area contributed by atoms with Gasteiger partial charge in [0.05, 0.1) is 12.7 Å². The van der Waals surface area contributed by atoms with Crippen LogP contribution in [0.25, 0.3) is 11.1 Å². The van der Waals surface area contributed by atoms with E-state index >= 15 is 0 Å². The van der Waals surface area contributed by atoms with Crippen LogP contribution in [0.5, 0.6) is 11.5 Å². The van der Waals surface area contributed by atoms with Crippen LogP contribution in [-0.4, -0.2) is 41.8 Å². The number of hydrogen-bond donors (Lipinski definition) is 1. The van der Waals surface area contributed by atoms with Crippen LogP contribution in [0.3, 0.4) is 0 Å². The van der Waals surface area contributed by atoms with Crippen molar-refractivity contribution in [2.45, 2.75) is 0 Å². The molecule has 16 heavy (non-hydrogen) atoms. The molecule has 0 bridgehead atoms. The van der Waals surface area contributed by atoms with E-state index in [1.807, 2.05) is 36.4 Å². The van der Waals surface area contributed by atoms with E-state index in [0.717, 1.165) is 11.1 Å². The second kappa shape index (κ2) is 5.94. The molecule has 78 valence electrons. The molecule has 0 amide bonds. The van der Waals surface area contributed by atoms with E-state index in [1.165, 1.54) is 0 Å². The van der Waals surface area contributed by atoms with E-state index in [2.05, 4.69) is 0 Å². The molecule has 0 aliphatic rings. The van der Waals surface area contributed by atoms with Crippen molar-refractivity contribution in [3.05, 3.63) is 48.5 Å². The van der Waals surface area contributed by atoms with Gasteiger partial charge in [-0.3, -0.25) is 0 Å². The number of aromatic hydroxyl groups is 1. The molecule has 2 aromatic rings. The SMILES string of the molecule is COc1cccc(O)c1-c1ccccc1.[NaH].